The molecule has 0 heterocycles. The van der Waals surface area contributed by atoms with Crippen molar-refractivity contribution in [2.75, 3.05) is 4.90 Å². The second-order valence-corrected chi connectivity index (χ2v) is 5.51. The first kappa shape index (κ1) is 14.5. The zero-order valence-electron chi connectivity index (χ0n) is 10.2. The maximum atomic E-state index is 11.2. The Labute approximate surface area is 106 Å². The molecule has 0 fully saturated rings. The van der Waals surface area contributed by atoms with Crippen LogP contribution in [0.3, 0.4) is 0 Å². The van der Waals surface area contributed by atoms with E-state index in [0.717, 1.165) is 0 Å². The van der Waals surface area contributed by atoms with Crippen molar-refractivity contribution >= 4 is 21.8 Å². The van der Waals surface area contributed by atoms with Gasteiger partial charge in [-0.05, 0) is 37.6 Å². The summed E-state index contributed by atoms with van der Waals surface area (Å²) in [5.74, 6) is 0. The Morgan fingerprint density at radius 2 is 1.89 bits per heavy atom. The molecular formula is C11H16N2O4S. The maximum absolute atomic E-state index is 11.2. The van der Waals surface area contributed by atoms with Gasteiger partial charge in [0.1, 0.15) is 0 Å². The van der Waals surface area contributed by atoms with E-state index in [1.165, 1.54) is 29.2 Å². The number of hydrogen-bond acceptors (Lipinski definition) is 3. The van der Waals surface area contributed by atoms with Crippen LogP contribution in [0.15, 0.2) is 29.2 Å². The highest BCUT2D eigenvalue weighted by atomic mass is 32.2. The molecule has 100 valence electrons. The van der Waals surface area contributed by atoms with E-state index in [-0.39, 0.29) is 10.9 Å². The first-order chi connectivity index (χ1) is 8.27. The number of hydrogen-bond donors (Lipinski definition) is 2. The van der Waals surface area contributed by atoms with Crippen molar-refractivity contribution in [1.82, 2.24) is 0 Å². The SMILES string of the molecule is CCC(C)N(C(=O)O)c1ccc(S(N)(=O)=O)cc1. The topological polar surface area (TPSA) is 101 Å². The third-order valence-corrected chi connectivity index (χ3v) is 3.61. The fraction of sp³-hybridized carbons (Fsp3) is 0.364. The summed E-state index contributed by atoms with van der Waals surface area (Å²) in [7, 11) is -3.76. The highest BCUT2D eigenvalue weighted by Crippen LogP contribution is 2.20. The Morgan fingerprint density at radius 3 is 2.22 bits per heavy atom. The molecule has 1 amide bonds. The van der Waals surface area contributed by atoms with Crippen molar-refractivity contribution in [2.45, 2.75) is 31.2 Å². The number of nitrogens with zero attached hydrogens (tertiary/aromatic N) is 1. The van der Waals surface area contributed by atoms with E-state index in [9.17, 15) is 13.2 Å². The standard InChI is InChI=1S/C11H16N2O4S/c1-3-8(2)13(11(14)15)9-4-6-10(7-5-9)18(12,16)17/h4-8H,3H2,1-2H3,(H,14,15)(H2,12,16,17). The molecule has 1 atom stereocenters. The summed E-state index contributed by atoms with van der Waals surface area (Å²) in [6.45, 7) is 3.65. The summed E-state index contributed by atoms with van der Waals surface area (Å²) < 4.78 is 22.2. The number of nitrogens with two attached hydrogens (primary N) is 1. The number of sulfonamides is 1. The highest BCUT2D eigenvalue weighted by Gasteiger charge is 2.20. The fourth-order valence-electron chi connectivity index (χ4n) is 1.53. The summed E-state index contributed by atoms with van der Waals surface area (Å²) >= 11 is 0. The Bertz CT molecular complexity index is 524. The molecule has 0 saturated carbocycles. The Morgan fingerprint density at radius 1 is 1.39 bits per heavy atom. The smallest absolute Gasteiger partial charge is 0.412 e. The van der Waals surface area contributed by atoms with Gasteiger partial charge in [-0.1, -0.05) is 6.92 Å². The lowest BCUT2D eigenvalue weighted by molar-refractivity contribution is 0.199. The quantitative estimate of drug-likeness (QED) is 0.869. The van der Waals surface area contributed by atoms with E-state index < -0.39 is 16.1 Å². The van der Waals surface area contributed by atoms with E-state index in [2.05, 4.69) is 0 Å². The molecule has 0 bridgehead atoms. The molecule has 1 rings (SSSR count). The first-order valence-corrected chi connectivity index (χ1v) is 6.97. The van der Waals surface area contributed by atoms with Crippen LogP contribution in [-0.2, 0) is 10.0 Å². The molecule has 7 heteroatoms. The number of anilines is 1. The molecule has 0 aromatic heterocycles. The van der Waals surface area contributed by atoms with Gasteiger partial charge in [0.25, 0.3) is 0 Å². The van der Waals surface area contributed by atoms with Crippen LogP contribution in [0.5, 0.6) is 0 Å². The average molecular weight is 272 g/mol. The predicted molar refractivity (Wildman–Crippen MR) is 68.1 cm³/mol. The van der Waals surface area contributed by atoms with Crippen molar-refractivity contribution in [3.05, 3.63) is 24.3 Å². The van der Waals surface area contributed by atoms with Gasteiger partial charge in [0.15, 0.2) is 0 Å². The lowest BCUT2D eigenvalue weighted by Crippen LogP contribution is -2.37. The van der Waals surface area contributed by atoms with E-state index >= 15 is 0 Å². The number of benzene rings is 1. The normalized spacial score (nSPS) is 13.1. The summed E-state index contributed by atoms with van der Waals surface area (Å²) in [5, 5.41) is 14.1. The lowest BCUT2D eigenvalue weighted by Gasteiger charge is -2.25. The van der Waals surface area contributed by atoms with Gasteiger partial charge in [0.05, 0.1) is 4.90 Å². The zero-order valence-corrected chi connectivity index (χ0v) is 11.0. The molecule has 1 aromatic carbocycles. The molecule has 0 aliphatic heterocycles. The van der Waals surface area contributed by atoms with Gasteiger partial charge in [0, 0.05) is 11.7 Å². The molecule has 0 aliphatic rings. The van der Waals surface area contributed by atoms with Crippen molar-refractivity contribution < 1.29 is 18.3 Å². The summed E-state index contributed by atoms with van der Waals surface area (Å²) in [6, 6.07) is 5.26. The minimum atomic E-state index is -3.76. The second kappa shape index (κ2) is 5.36. The molecule has 0 spiro atoms. The number of carboxylic acid groups (broad SMARTS) is 1. The number of primary sulfonamides is 1. The molecular weight excluding hydrogens is 256 g/mol. The molecule has 0 saturated heterocycles. The lowest BCUT2D eigenvalue weighted by atomic mass is 10.2. The molecule has 0 radical (unpaired) electrons. The van der Waals surface area contributed by atoms with Crippen molar-refractivity contribution in [3.8, 4) is 0 Å². The van der Waals surface area contributed by atoms with Crippen LogP contribution in [-0.4, -0.2) is 25.7 Å². The third kappa shape index (κ3) is 3.21. The van der Waals surface area contributed by atoms with Crippen LogP contribution in [0.2, 0.25) is 0 Å². The van der Waals surface area contributed by atoms with Crippen LogP contribution in [0.1, 0.15) is 20.3 Å². The van der Waals surface area contributed by atoms with Gasteiger partial charge in [-0.25, -0.2) is 18.4 Å². The average Bonchev–Trinajstić information content (AvgIpc) is 2.28. The molecule has 1 aromatic rings. The molecule has 18 heavy (non-hydrogen) atoms. The predicted octanol–water partition coefficient (Wildman–Crippen LogP) is 1.62. The van der Waals surface area contributed by atoms with Gasteiger partial charge >= 0.3 is 6.09 Å². The number of rotatable bonds is 4. The van der Waals surface area contributed by atoms with Gasteiger partial charge in [-0.3, -0.25) is 4.90 Å². The van der Waals surface area contributed by atoms with Gasteiger partial charge < -0.3 is 5.11 Å². The van der Waals surface area contributed by atoms with Gasteiger partial charge in [0.2, 0.25) is 10.0 Å². The van der Waals surface area contributed by atoms with E-state index in [4.69, 9.17) is 10.2 Å². The summed E-state index contributed by atoms with van der Waals surface area (Å²) in [5.41, 5.74) is 0.421. The van der Waals surface area contributed by atoms with Gasteiger partial charge in [-0.2, -0.15) is 0 Å². The molecule has 6 nitrogen and oxygen atoms in total. The number of amides is 1. The van der Waals surface area contributed by atoms with Gasteiger partial charge in [-0.15, -0.1) is 0 Å². The van der Waals surface area contributed by atoms with Crippen LogP contribution in [0, 0.1) is 0 Å². The Kier molecular flexibility index (Phi) is 4.31. The Balaban J connectivity index is 3.13. The van der Waals surface area contributed by atoms with Crippen LogP contribution >= 0.6 is 0 Å². The maximum Gasteiger partial charge on any atom is 0.412 e. The van der Waals surface area contributed by atoms with Crippen LogP contribution in [0.25, 0.3) is 0 Å². The van der Waals surface area contributed by atoms with Crippen molar-refractivity contribution in [3.63, 3.8) is 0 Å². The van der Waals surface area contributed by atoms with E-state index in [1.54, 1.807) is 6.92 Å². The minimum absolute atomic E-state index is 0.0410. The summed E-state index contributed by atoms with van der Waals surface area (Å²) in [6.07, 6.45) is -0.420. The molecule has 1 unspecified atom stereocenters. The summed E-state index contributed by atoms with van der Waals surface area (Å²) in [4.78, 5) is 12.3. The Hall–Kier alpha value is -1.60. The van der Waals surface area contributed by atoms with Crippen LogP contribution < -0.4 is 10.0 Å². The van der Waals surface area contributed by atoms with Crippen molar-refractivity contribution in [1.29, 1.82) is 0 Å². The zero-order chi connectivity index (χ0) is 13.9. The first-order valence-electron chi connectivity index (χ1n) is 5.42. The number of carbonyl (C=O) groups is 1. The second-order valence-electron chi connectivity index (χ2n) is 3.95. The fourth-order valence-corrected chi connectivity index (χ4v) is 2.05. The largest absolute Gasteiger partial charge is 0.465 e. The molecule has 3 N–H and O–H groups in total. The van der Waals surface area contributed by atoms with Crippen LogP contribution in [0.4, 0.5) is 10.5 Å². The van der Waals surface area contributed by atoms with Crippen molar-refractivity contribution in [2.24, 2.45) is 5.14 Å². The molecule has 0 aliphatic carbocycles. The monoisotopic (exact) mass is 272 g/mol. The third-order valence-electron chi connectivity index (χ3n) is 2.68. The highest BCUT2D eigenvalue weighted by molar-refractivity contribution is 7.89. The van der Waals surface area contributed by atoms with E-state index in [1.807, 2.05) is 6.92 Å². The minimum Gasteiger partial charge on any atom is -0.465 e. The van der Waals surface area contributed by atoms with E-state index in [0.29, 0.717) is 12.1 Å².